The van der Waals surface area contributed by atoms with Gasteiger partial charge in [0.1, 0.15) is 6.10 Å². The van der Waals surface area contributed by atoms with Gasteiger partial charge >= 0.3 is 0 Å². The maximum atomic E-state index is 6.11. The monoisotopic (exact) mass is 499 g/mol. The molecule has 5 nitrogen and oxygen atoms in total. The van der Waals surface area contributed by atoms with Crippen LogP contribution >= 0.6 is 24.0 Å². The van der Waals surface area contributed by atoms with Crippen LogP contribution in [0.5, 0.6) is 0 Å². The van der Waals surface area contributed by atoms with Crippen LogP contribution in [-0.4, -0.2) is 55.9 Å². The highest BCUT2D eigenvalue weighted by Crippen LogP contribution is 2.52. The molecule has 0 amide bonds. The van der Waals surface area contributed by atoms with Crippen LogP contribution in [0.2, 0.25) is 0 Å². The third-order valence-corrected chi connectivity index (χ3v) is 6.59. The van der Waals surface area contributed by atoms with E-state index in [1.54, 1.807) is 0 Å². The molecule has 1 saturated carbocycles. The molecule has 4 rings (SSSR count). The van der Waals surface area contributed by atoms with Crippen molar-refractivity contribution in [3.63, 3.8) is 0 Å². The topological polar surface area (TPSA) is 46.1 Å². The van der Waals surface area contributed by atoms with Crippen molar-refractivity contribution in [1.82, 2.24) is 10.2 Å². The van der Waals surface area contributed by atoms with Gasteiger partial charge in [0.2, 0.25) is 0 Å². The van der Waals surface area contributed by atoms with E-state index in [9.17, 15) is 0 Å². The van der Waals surface area contributed by atoms with Gasteiger partial charge in [-0.05, 0) is 31.4 Å². The predicted molar refractivity (Wildman–Crippen MR) is 123 cm³/mol. The van der Waals surface area contributed by atoms with Crippen LogP contribution in [0.1, 0.15) is 44.4 Å². The number of hydrogen-bond donors (Lipinski definition) is 1. The molecule has 2 saturated heterocycles. The van der Waals surface area contributed by atoms with E-state index in [0.717, 1.165) is 45.2 Å². The summed E-state index contributed by atoms with van der Waals surface area (Å²) < 4.78 is 12.1. The zero-order chi connectivity index (χ0) is 19.0. The Balaban J connectivity index is 0.00000225. The van der Waals surface area contributed by atoms with E-state index in [0.29, 0.717) is 18.1 Å². The minimum Gasteiger partial charge on any atom is -0.377 e. The van der Waals surface area contributed by atoms with E-state index in [1.165, 1.54) is 11.1 Å². The van der Waals surface area contributed by atoms with Crippen molar-refractivity contribution >= 4 is 29.9 Å². The molecule has 1 aromatic rings. The molecule has 1 aromatic carbocycles. The number of halogens is 1. The summed E-state index contributed by atoms with van der Waals surface area (Å²) in [5, 5.41) is 3.81. The number of fused-ring (bicyclic) bond motifs is 1. The summed E-state index contributed by atoms with van der Waals surface area (Å²) in [5.74, 6) is 1.64. The second-order valence-electron chi connectivity index (χ2n) is 8.65. The number of guanidine groups is 1. The van der Waals surface area contributed by atoms with Crippen molar-refractivity contribution in [1.29, 1.82) is 0 Å². The van der Waals surface area contributed by atoms with Crippen LogP contribution in [0.25, 0.3) is 0 Å². The third kappa shape index (κ3) is 3.92. The first-order chi connectivity index (χ1) is 13.0. The Morgan fingerprint density at radius 3 is 2.79 bits per heavy atom. The van der Waals surface area contributed by atoms with Gasteiger partial charge in [0, 0.05) is 37.1 Å². The summed E-state index contributed by atoms with van der Waals surface area (Å²) in [6, 6.07) is 8.96. The minimum absolute atomic E-state index is 0. The lowest BCUT2D eigenvalue weighted by atomic mass is 9.57. The molecular weight excluding hydrogens is 465 g/mol. The molecule has 1 N–H and O–H groups in total. The largest absolute Gasteiger partial charge is 0.377 e. The Hall–Kier alpha value is -0.860. The number of rotatable bonds is 3. The molecule has 28 heavy (non-hydrogen) atoms. The number of aliphatic imine (C=N–C) groups is 1. The molecule has 4 atom stereocenters. The lowest BCUT2D eigenvalue weighted by Crippen LogP contribution is -2.68. The van der Waals surface area contributed by atoms with E-state index in [-0.39, 0.29) is 35.5 Å². The molecule has 0 radical (unpaired) electrons. The summed E-state index contributed by atoms with van der Waals surface area (Å²) >= 11 is 0. The van der Waals surface area contributed by atoms with E-state index < -0.39 is 0 Å². The first kappa shape index (κ1) is 21.8. The van der Waals surface area contributed by atoms with Crippen molar-refractivity contribution in [2.24, 2.45) is 16.3 Å². The smallest absolute Gasteiger partial charge is 0.194 e. The molecule has 156 valence electrons. The van der Waals surface area contributed by atoms with Crippen LogP contribution in [0.3, 0.4) is 0 Å². The van der Waals surface area contributed by atoms with Gasteiger partial charge in [-0.3, -0.25) is 4.99 Å². The summed E-state index contributed by atoms with van der Waals surface area (Å²) in [7, 11) is 0. The first-order valence-electron chi connectivity index (χ1n) is 10.4. The average molecular weight is 499 g/mol. The number of ether oxygens (including phenoxy) is 2. The second-order valence-corrected chi connectivity index (χ2v) is 8.65. The Bertz CT molecular complexity index is 709. The molecule has 2 heterocycles. The second kappa shape index (κ2) is 8.88. The number of morpholine rings is 1. The van der Waals surface area contributed by atoms with E-state index in [2.05, 4.69) is 62.2 Å². The maximum absolute atomic E-state index is 6.11. The average Bonchev–Trinajstić information content (AvgIpc) is 3.13. The highest BCUT2D eigenvalue weighted by atomic mass is 127. The Morgan fingerprint density at radius 1 is 1.25 bits per heavy atom. The third-order valence-electron chi connectivity index (χ3n) is 6.59. The van der Waals surface area contributed by atoms with Crippen LogP contribution in [0.4, 0.5) is 0 Å². The Kier molecular flexibility index (Phi) is 6.92. The quantitative estimate of drug-likeness (QED) is 0.391. The fourth-order valence-electron chi connectivity index (χ4n) is 5.12. The first-order valence-corrected chi connectivity index (χ1v) is 10.4. The Labute approximate surface area is 186 Å². The number of nitrogens with one attached hydrogen (secondary N) is 1. The van der Waals surface area contributed by atoms with Crippen molar-refractivity contribution in [2.45, 2.75) is 52.4 Å². The fraction of sp³-hybridized carbons (Fsp3) is 0.682. The molecule has 3 aliphatic rings. The number of benzene rings is 1. The van der Waals surface area contributed by atoms with Crippen LogP contribution < -0.4 is 5.32 Å². The van der Waals surface area contributed by atoms with Crippen molar-refractivity contribution in [2.75, 3.05) is 32.8 Å². The maximum Gasteiger partial charge on any atom is 0.194 e. The molecule has 0 aromatic heterocycles. The van der Waals surface area contributed by atoms with Gasteiger partial charge in [-0.25, -0.2) is 0 Å². The van der Waals surface area contributed by atoms with E-state index in [1.807, 2.05) is 0 Å². The van der Waals surface area contributed by atoms with Crippen LogP contribution in [-0.2, 0) is 9.47 Å². The van der Waals surface area contributed by atoms with Crippen molar-refractivity contribution < 1.29 is 9.47 Å². The SMILES string of the molecule is CCN=C(NC1C2CCOC2C1(C)C)N1CCOC(c2ccccc2C)C1.I. The molecule has 3 fully saturated rings. The zero-order valence-electron chi connectivity index (χ0n) is 17.5. The molecule has 2 aliphatic heterocycles. The number of nitrogens with zero attached hydrogens (tertiary/aromatic N) is 2. The molecule has 0 bridgehead atoms. The van der Waals surface area contributed by atoms with Gasteiger partial charge in [0.15, 0.2) is 5.96 Å². The number of hydrogen-bond acceptors (Lipinski definition) is 3. The predicted octanol–water partition coefficient (Wildman–Crippen LogP) is 3.77. The summed E-state index contributed by atoms with van der Waals surface area (Å²) in [6.07, 6.45) is 1.64. The van der Waals surface area contributed by atoms with Crippen molar-refractivity contribution in [3.8, 4) is 0 Å². The zero-order valence-corrected chi connectivity index (χ0v) is 19.8. The highest BCUT2D eigenvalue weighted by molar-refractivity contribution is 14.0. The van der Waals surface area contributed by atoms with Crippen LogP contribution in [0.15, 0.2) is 29.3 Å². The highest BCUT2D eigenvalue weighted by Gasteiger charge is 2.59. The molecule has 0 spiro atoms. The fourth-order valence-corrected chi connectivity index (χ4v) is 5.12. The minimum atomic E-state index is 0. The van der Waals surface area contributed by atoms with Gasteiger partial charge in [0.05, 0.1) is 19.3 Å². The van der Waals surface area contributed by atoms with E-state index in [4.69, 9.17) is 14.5 Å². The van der Waals surface area contributed by atoms with E-state index >= 15 is 0 Å². The summed E-state index contributed by atoms with van der Waals surface area (Å²) in [6.45, 7) is 13.0. The lowest BCUT2D eigenvalue weighted by molar-refractivity contribution is -0.108. The van der Waals surface area contributed by atoms with Crippen molar-refractivity contribution in [3.05, 3.63) is 35.4 Å². The lowest BCUT2D eigenvalue weighted by Gasteiger charge is -2.55. The normalized spacial score (nSPS) is 31.6. The van der Waals surface area contributed by atoms with Gasteiger partial charge in [-0.2, -0.15) is 0 Å². The van der Waals surface area contributed by atoms with Gasteiger partial charge in [0.25, 0.3) is 0 Å². The van der Waals surface area contributed by atoms with Gasteiger partial charge < -0.3 is 19.7 Å². The summed E-state index contributed by atoms with van der Waals surface area (Å²) in [4.78, 5) is 7.21. The van der Waals surface area contributed by atoms with Crippen LogP contribution in [0, 0.1) is 18.3 Å². The molecule has 1 aliphatic carbocycles. The Morgan fingerprint density at radius 2 is 2.04 bits per heavy atom. The summed E-state index contributed by atoms with van der Waals surface area (Å²) in [5.41, 5.74) is 2.72. The number of aryl methyl sites for hydroxylation is 1. The standard InChI is InChI=1S/C22H33N3O2.HI/c1-5-23-21(24-19-17-10-12-27-20(17)22(19,3)4)25-11-13-26-18(14-25)16-9-7-6-8-15(16)2;/h6-9,17-20H,5,10-14H2,1-4H3,(H,23,24);1H. The molecule has 6 heteroatoms. The molecule has 4 unspecified atom stereocenters. The van der Waals surface area contributed by atoms with Gasteiger partial charge in [-0.1, -0.05) is 38.1 Å². The molecular formula is C22H34IN3O2. The van der Waals surface area contributed by atoms with Gasteiger partial charge in [-0.15, -0.1) is 24.0 Å².